The standard InChI is InChI=1S/C9H12F3N5O/c10-9(11,12)1-2-14-8(18)7-5-17(16-15-7)6-3-13-4-6/h5-6,13H,1-4H2,(H,14,18). The predicted molar refractivity (Wildman–Crippen MR) is 54.9 cm³/mol. The summed E-state index contributed by atoms with van der Waals surface area (Å²) in [7, 11) is 0. The van der Waals surface area contributed by atoms with Crippen molar-refractivity contribution in [2.45, 2.75) is 18.6 Å². The number of hydrogen-bond acceptors (Lipinski definition) is 4. The molecule has 1 aliphatic rings. The molecular weight excluding hydrogens is 251 g/mol. The fraction of sp³-hybridized carbons (Fsp3) is 0.667. The Kier molecular flexibility index (Phi) is 3.50. The largest absolute Gasteiger partial charge is 0.390 e. The molecule has 1 aliphatic heterocycles. The Morgan fingerprint density at radius 1 is 1.56 bits per heavy atom. The first-order valence-electron chi connectivity index (χ1n) is 5.43. The molecule has 0 aromatic carbocycles. The Morgan fingerprint density at radius 2 is 2.28 bits per heavy atom. The molecule has 18 heavy (non-hydrogen) atoms. The van der Waals surface area contributed by atoms with Crippen LogP contribution in [-0.2, 0) is 0 Å². The minimum absolute atomic E-state index is 0.0316. The summed E-state index contributed by atoms with van der Waals surface area (Å²) in [4.78, 5) is 11.5. The lowest BCUT2D eigenvalue weighted by atomic mass is 10.2. The topological polar surface area (TPSA) is 71.8 Å². The van der Waals surface area contributed by atoms with Crippen LogP contribution in [0.3, 0.4) is 0 Å². The van der Waals surface area contributed by atoms with E-state index in [9.17, 15) is 18.0 Å². The van der Waals surface area contributed by atoms with E-state index in [1.54, 1.807) is 0 Å². The van der Waals surface area contributed by atoms with Crippen LogP contribution in [0.1, 0.15) is 23.0 Å². The summed E-state index contributed by atoms with van der Waals surface area (Å²) in [6.07, 6.45) is -3.89. The summed E-state index contributed by atoms with van der Waals surface area (Å²) in [5, 5.41) is 12.6. The zero-order valence-corrected chi connectivity index (χ0v) is 9.37. The second kappa shape index (κ2) is 4.92. The fourth-order valence-electron chi connectivity index (χ4n) is 1.43. The van der Waals surface area contributed by atoms with Crippen LogP contribution in [0.25, 0.3) is 0 Å². The lowest BCUT2D eigenvalue weighted by Gasteiger charge is -2.26. The summed E-state index contributed by atoms with van der Waals surface area (Å²) in [5.74, 6) is -0.641. The molecule has 2 heterocycles. The molecule has 0 radical (unpaired) electrons. The second-order valence-corrected chi connectivity index (χ2v) is 4.02. The molecule has 0 spiro atoms. The third kappa shape index (κ3) is 3.19. The molecule has 1 saturated heterocycles. The van der Waals surface area contributed by atoms with Crippen molar-refractivity contribution in [1.29, 1.82) is 0 Å². The zero-order valence-electron chi connectivity index (χ0n) is 9.37. The molecule has 1 aromatic rings. The number of rotatable bonds is 4. The van der Waals surface area contributed by atoms with Gasteiger partial charge < -0.3 is 10.6 Å². The summed E-state index contributed by atoms with van der Waals surface area (Å²) < 4.78 is 37.2. The molecule has 0 saturated carbocycles. The van der Waals surface area contributed by atoms with Crippen LogP contribution in [0, 0.1) is 0 Å². The Balaban J connectivity index is 1.83. The Bertz CT molecular complexity index is 426. The lowest BCUT2D eigenvalue weighted by Crippen LogP contribution is -2.43. The molecular formula is C9H12F3N5O. The number of halogens is 3. The summed E-state index contributed by atoms with van der Waals surface area (Å²) in [6, 6.07) is 0.161. The Labute approximate surface area is 101 Å². The number of carbonyl (C=O) groups excluding carboxylic acids is 1. The van der Waals surface area contributed by atoms with Gasteiger partial charge in [0.25, 0.3) is 5.91 Å². The number of nitrogens with one attached hydrogen (secondary N) is 2. The van der Waals surface area contributed by atoms with E-state index < -0.39 is 25.0 Å². The maximum atomic E-state index is 11.9. The van der Waals surface area contributed by atoms with E-state index in [2.05, 4.69) is 20.9 Å². The molecule has 2 rings (SSSR count). The van der Waals surface area contributed by atoms with Gasteiger partial charge in [0.2, 0.25) is 0 Å². The first-order valence-corrected chi connectivity index (χ1v) is 5.43. The normalized spacial score (nSPS) is 16.4. The molecule has 0 aliphatic carbocycles. The van der Waals surface area contributed by atoms with Gasteiger partial charge in [-0.2, -0.15) is 13.2 Å². The minimum atomic E-state index is -4.28. The average molecular weight is 263 g/mol. The van der Waals surface area contributed by atoms with E-state index in [1.165, 1.54) is 10.9 Å². The van der Waals surface area contributed by atoms with Crippen molar-refractivity contribution in [3.8, 4) is 0 Å². The van der Waals surface area contributed by atoms with Gasteiger partial charge in [-0.15, -0.1) is 5.10 Å². The van der Waals surface area contributed by atoms with Crippen molar-refractivity contribution >= 4 is 5.91 Å². The molecule has 9 heteroatoms. The smallest absolute Gasteiger partial charge is 0.350 e. The first-order chi connectivity index (χ1) is 8.46. The van der Waals surface area contributed by atoms with Crippen LogP contribution in [0.5, 0.6) is 0 Å². The average Bonchev–Trinajstić information content (AvgIpc) is 2.62. The Hall–Kier alpha value is -1.64. The van der Waals surface area contributed by atoms with Crippen LogP contribution in [0.15, 0.2) is 6.20 Å². The predicted octanol–water partition coefficient (Wildman–Crippen LogP) is 0.105. The van der Waals surface area contributed by atoms with Gasteiger partial charge in [-0.3, -0.25) is 4.79 Å². The molecule has 0 bridgehead atoms. The van der Waals surface area contributed by atoms with Crippen LogP contribution >= 0.6 is 0 Å². The van der Waals surface area contributed by atoms with E-state index in [0.29, 0.717) is 0 Å². The van der Waals surface area contributed by atoms with E-state index in [-0.39, 0.29) is 11.7 Å². The zero-order chi connectivity index (χ0) is 13.2. The second-order valence-electron chi connectivity index (χ2n) is 4.02. The van der Waals surface area contributed by atoms with Gasteiger partial charge in [0.05, 0.1) is 18.7 Å². The molecule has 0 atom stereocenters. The molecule has 1 aromatic heterocycles. The van der Waals surface area contributed by atoms with Crippen LogP contribution in [0.4, 0.5) is 13.2 Å². The third-order valence-electron chi connectivity index (χ3n) is 2.57. The minimum Gasteiger partial charge on any atom is -0.350 e. The van der Waals surface area contributed by atoms with Crippen molar-refractivity contribution in [3.63, 3.8) is 0 Å². The highest BCUT2D eigenvalue weighted by atomic mass is 19.4. The third-order valence-corrected chi connectivity index (χ3v) is 2.57. The van der Waals surface area contributed by atoms with Crippen molar-refractivity contribution in [1.82, 2.24) is 25.6 Å². The number of carbonyl (C=O) groups is 1. The molecule has 6 nitrogen and oxygen atoms in total. The molecule has 2 N–H and O–H groups in total. The van der Waals surface area contributed by atoms with Gasteiger partial charge in [-0.25, -0.2) is 4.68 Å². The highest BCUT2D eigenvalue weighted by Gasteiger charge is 2.27. The van der Waals surface area contributed by atoms with Crippen LogP contribution in [0.2, 0.25) is 0 Å². The summed E-state index contributed by atoms with van der Waals surface area (Å²) in [6.45, 7) is 1.04. The number of alkyl halides is 3. The quantitative estimate of drug-likeness (QED) is 0.808. The molecule has 1 amide bonds. The van der Waals surface area contributed by atoms with Gasteiger partial charge >= 0.3 is 6.18 Å². The van der Waals surface area contributed by atoms with Gasteiger partial charge in [0, 0.05) is 19.6 Å². The van der Waals surface area contributed by atoms with E-state index in [1.807, 2.05) is 0 Å². The molecule has 0 unspecified atom stereocenters. The maximum Gasteiger partial charge on any atom is 0.390 e. The summed E-state index contributed by atoms with van der Waals surface area (Å²) >= 11 is 0. The van der Waals surface area contributed by atoms with E-state index in [4.69, 9.17) is 0 Å². The molecule has 100 valence electrons. The van der Waals surface area contributed by atoms with Gasteiger partial charge in [0.1, 0.15) is 0 Å². The Morgan fingerprint density at radius 3 is 2.83 bits per heavy atom. The van der Waals surface area contributed by atoms with Crippen molar-refractivity contribution in [2.24, 2.45) is 0 Å². The number of amides is 1. The van der Waals surface area contributed by atoms with Gasteiger partial charge in [0.15, 0.2) is 5.69 Å². The van der Waals surface area contributed by atoms with Crippen LogP contribution < -0.4 is 10.6 Å². The number of aromatic nitrogens is 3. The molecule has 1 fully saturated rings. The van der Waals surface area contributed by atoms with Crippen molar-refractivity contribution < 1.29 is 18.0 Å². The van der Waals surface area contributed by atoms with Crippen molar-refractivity contribution in [2.75, 3.05) is 19.6 Å². The van der Waals surface area contributed by atoms with Gasteiger partial charge in [-0.1, -0.05) is 5.21 Å². The monoisotopic (exact) mass is 263 g/mol. The highest BCUT2D eigenvalue weighted by Crippen LogP contribution is 2.18. The SMILES string of the molecule is O=C(NCCC(F)(F)F)c1cn(C2CNC2)nn1. The number of nitrogens with zero attached hydrogens (tertiary/aromatic N) is 3. The first kappa shape index (κ1) is 12.8. The van der Waals surface area contributed by atoms with E-state index in [0.717, 1.165) is 13.1 Å². The fourth-order valence-corrected chi connectivity index (χ4v) is 1.43. The maximum absolute atomic E-state index is 11.9. The number of hydrogen-bond donors (Lipinski definition) is 2. The summed E-state index contributed by atoms with van der Waals surface area (Å²) in [5.41, 5.74) is 0.0316. The van der Waals surface area contributed by atoms with E-state index >= 15 is 0 Å². The van der Waals surface area contributed by atoms with Crippen molar-refractivity contribution in [3.05, 3.63) is 11.9 Å². The highest BCUT2D eigenvalue weighted by molar-refractivity contribution is 5.91. The van der Waals surface area contributed by atoms with Crippen LogP contribution in [-0.4, -0.2) is 46.7 Å². The lowest BCUT2D eigenvalue weighted by molar-refractivity contribution is -0.132. The van der Waals surface area contributed by atoms with Gasteiger partial charge in [-0.05, 0) is 0 Å².